The van der Waals surface area contributed by atoms with Crippen LogP contribution in [0.4, 0.5) is 4.39 Å². The maximum atomic E-state index is 13.3. The fourth-order valence-corrected chi connectivity index (χ4v) is 1.16. The second-order valence-corrected chi connectivity index (χ2v) is 3.06. The number of halogens is 1. The largest absolute Gasteiger partial charge is 0.494 e. The van der Waals surface area contributed by atoms with Gasteiger partial charge in [-0.1, -0.05) is 0 Å². The quantitative estimate of drug-likeness (QED) is 0.619. The van der Waals surface area contributed by atoms with E-state index in [1.165, 1.54) is 19.2 Å². The zero-order valence-electron chi connectivity index (χ0n) is 8.92. The third kappa shape index (κ3) is 2.99. The molecule has 0 unspecified atom stereocenters. The number of benzene rings is 1. The normalized spacial score (nSPS) is 9.31. The van der Waals surface area contributed by atoms with E-state index in [0.29, 0.717) is 13.0 Å². The van der Waals surface area contributed by atoms with E-state index in [9.17, 15) is 9.18 Å². The molecule has 0 aliphatic rings. The fourth-order valence-electron chi connectivity index (χ4n) is 1.16. The van der Waals surface area contributed by atoms with Crippen molar-refractivity contribution in [2.45, 2.75) is 6.42 Å². The first kappa shape index (κ1) is 12.1. The molecule has 0 spiro atoms. The number of methoxy groups -OCH3 is 1. The molecular formula is C12H12FNO2. The van der Waals surface area contributed by atoms with Crippen LogP contribution in [0.1, 0.15) is 16.8 Å². The van der Waals surface area contributed by atoms with Crippen LogP contribution in [0.25, 0.3) is 0 Å². The highest BCUT2D eigenvalue weighted by Crippen LogP contribution is 2.17. The lowest BCUT2D eigenvalue weighted by Gasteiger charge is -2.05. The zero-order valence-corrected chi connectivity index (χ0v) is 8.92. The molecule has 0 saturated heterocycles. The van der Waals surface area contributed by atoms with Gasteiger partial charge in [0.25, 0.3) is 5.91 Å². The highest BCUT2D eigenvalue weighted by molar-refractivity contribution is 5.94. The number of rotatable bonds is 4. The van der Waals surface area contributed by atoms with Gasteiger partial charge in [-0.25, -0.2) is 4.39 Å². The summed E-state index contributed by atoms with van der Waals surface area (Å²) in [4.78, 5) is 11.5. The van der Waals surface area contributed by atoms with E-state index in [2.05, 4.69) is 11.2 Å². The van der Waals surface area contributed by atoms with E-state index in [-0.39, 0.29) is 17.2 Å². The maximum Gasteiger partial charge on any atom is 0.251 e. The van der Waals surface area contributed by atoms with Gasteiger partial charge in [-0.15, -0.1) is 12.3 Å². The molecule has 1 N–H and O–H groups in total. The number of terminal acetylenes is 1. The van der Waals surface area contributed by atoms with Gasteiger partial charge >= 0.3 is 0 Å². The van der Waals surface area contributed by atoms with Gasteiger partial charge in [-0.05, 0) is 18.2 Å². The summed E-state index contributed by atoms with van der Waals surface area (Å²) in [7, 11) is 1.37. The lowest BCUT2D eigenvalue weighted by molar-refractivity contribution is 0.0954. The summed E-state index contributed by atoms with van der Waals surface area (Å²) in [6.07, 6.45) is 5.49. The van der Waals surface area contributed by atoms with Gasteiger partial charge in [-0.3, -0.25) is 4.79 Å². The van der Waals surface area contributed by atoms with Gasteiger partial charge < -0.3 is 10.1 Å². The number of hydrogen-bond donors (Lipinski definition) is 1. The summed E-state index contributed by atoms with van der Waals surface area (Å²) in [6, 6.07) is 4.03. The number of carbonyl (C=O) groups is 1. The summed E-state index contributed by atoms with van der Waals surface area (Å²) in [5.74, 6) is 1.59. The first-order valence-electron chi connectivity index (χ1n) is 4.74. The van der Waals surface area contributed by atoms with Crippen molar-refractivity contribution in [3.63, 3.8) is 0 Å². The molecule has 0 aliphatic heterocycles. The summed E-state index contributed by atoms with van der Waals surface area (Å²) >= 11 is 0. The van der Waals surface area contributed by atoms with Crippen LogP contribution in [0.15, 0.2) is 18.2 Å². The average molecular weight is 221 g/mol. The zero-order chi connectivity index (χ0) is 12.0. The van der Waals surface area contributed by atoms with Crippen molar-refractivity contribution in [3.8, 4) is 18.1 Å². The number of carbonyl (C=O) groups excluding carboxylic acids is 1. The standard InChI is InChI=1S/C12H12FNO2/c1-3-4-7-14-12(15)9-5-6-11(16-2)10(13)8-9/h1,5-6,8H,4,7H2,2H3,(H,14,15). The summed E-state index contributed by atoms with van der Waals surface area (Å²) < 4.78 is 18.0. The molecule has 0 saturated carbocycles. The molecule has 16 heavy (non-hydrogen) atoms. The van der Waals surface area contributed by atoms with E-state index in [0.717, 1.165) is 6.07 Å². The highest BCUT2D eigenvalue weighted by Gasteiger charge is 2.08. The maximum absolute atomic E-state index is 13.3. The van der Waals surface area contributed by atoms with E-state index >= 15 is 0 Å². The van der Waals surface area contributed by atoms with Crippen molar-refractivity contribution < 1.29 is 13.9 Å². The second kappa shape index (κ2) is 5.76. The van der Waals surface area contributed by atoms with Gasteiger partial charge in [0.05, 0.1) is 7.11 Å². The van der Waals surface area contributed by atoms with Gasteiger partial charge in [0.1, 0.15) is 0 Å². The van der Waals surface area contributed by atoms with Crippen molar-refractivity contribution >= 4 is 5.91 Å². The summed E-state index contributed by atoms with van der Waals surface area (Å²) in [6.45, 7) is 0.378. The Morgan fingerprint density at radius 1 is 1.62 bits per heavy atom. The van der Waals surface area contributed by atoms with E-state index < -0.39 is 5.82 Å². The first-order chi connectivity index (χ1) is 7.69. The van der Waals surface area contributed by atoms with Gasteiger partial charge in [0, 0.05) is 18.5 Å². The summed E-state index contributed by atoms with van der Waals surface area (Å²) in [5.41, 5.74) is 0.246. The van der Waals surface area contributed by atoms with Crippen LogP contribution < -0.4 is 10.1 Å². The van der Waals surface area contributed by atoms with E-state index in [1.807, 2.05) is 0 Å². The Labute approximate surface area is 93.6 Å². The van der Waals surface area contributed by atoms with E-state index in [1.54, 1.807) is 0 Å². The van der Waals surface area contributed by atoms with Gasteiger partial charge in [-0.2, -0.15) is 0 Å². The van der Waals surface area contributed by atoms with Crippen molar-refractivity contribution in [2.75, 3.05) is 13.7 Å². The SMILES string of the molecule is C#CCCNC(=O)c1ccc(OC)c(F)c1. The molecule has 0 aliphatic carbocycles. The Bertz CT molecular complexity index is 424. The van der Waals surface area contributed by atoms with Crippen molar-refractivity contribution in [1.29, 1.82) is 0 Å². The molecular weight excluding hydrogens is 209 g/mol. The first-order valence-corrected chi connectivity index (χ1v) is 4.74. The molecule has 0 heterocycles. The molecule has 1 aromatic carbocycles. The predicted octanol–water partition coefficient (Wildman–Crippen LogP) is 1.59. The Hall–Kier alpha value is -2.02. The minimum Gasteiger partial charge on any atom is -0.494 e. The molecule has 84 valence electrons. The Morgan fingerprint density at radius 2 is 2.38 bits per heavy atom. The minimum absolute atomic E-state index is 0.111. The monoisotopic (exact) mass is 221 g/mol. The molecule has 0 atom stereocenters. The van der Waals surface area contributed by atoms with E-state index in [4.69, 9.17) is 11.2 Å². The molecule has 0 bridgehead atoms. The number of hydrogen-bond acceptors (Lipinski definition) is 2. The molecule has 0 aromatic heterocycles. The molecule has 3 nitrogen and oxygen atoms in total. The predicted molar refractivity (Wildman–Crippen MR) is 58.7 cm³/mol. The number of nitrogens with one attached hydrogen (secondary N) is 1. The van der Waals surface area contributed by atoms with Crippen LogP contribution in [0, 0.1) is 18.2 Å². The second-order valence-electron chi connectivity index (χ2n) is 3.06. The third-order valence-corrected chi connectivity index (χ3v) is 1.97. The average Bonchev–Trinajstić information content (AvgIpc) is 2.29. The minimum atomic E-state index is -0.563. The molecule has 0 fully saturated rings. The lowest BCUT2D eigenvalue weighted by Crippen LogP contribution is -2.24. The molecule has 0 radical (unpaired) electrons. The Morgan fingerprint density at radius 3 is 2.94 bits per heavy atom. The third-order valence-electron chi connectivity index (χ3n) is 1.97. The smallest absolute Gasteiger partial charge is 0.251 e. The molecule has 4 heteroatoms. The number of amides is 1. The van der Waals surface area contributed by atoms with Crippen molar-refractivity contribution in [1.82, 2.24) is 5.32 Å². The Balaban J connectivity index is 2.70. The highest BCUT2D eigenvalue weighted by atomic mass is 19.1. The van der Waals surface area contributed by atoms with Crippen LogP contribution in [0.3, 0.4) is 0 Å². The molecule has 1 rings (SSSR count). The van der Waals surface area contributed by atoms with Crippen LogP contribution in [-0.2, 0) is 0 Å². The lowest BCUT2D eigenvalue weighted by atomic mass is 10.2. The van der Waals surface area contributed by atoms with Crippen LogP contribution in [-0.4, -0.2) is 19.6 Å². The van der Waals surface area contributed by atoms with Crippen molar-refractivity contribution in [3.05, 3.63) is 29.6 Å². The van der Waals surface area contributed by atoms with Crippen molar-refractivity contribution in [2.24, 2.45) is 0 Å². The topological polar surface area (TPSA) is 38.3 Å². The fraction of sp³-hybridized carbons (Fsp3) is 0.250. The van der Waals surface area contributed by atoms with Gasteiger partial charge in [0.2, 0.25) is 0 Å². The van der Waals surface area contributed by atoms with Crippen LogP contribution >= 0.6 is 0 Å². The Kier molecular flexibility index (Phi) is 4.34. The molecule has 1 amide bonds. The van der Waals surface area contributed by atoms with Gasteiger partial charge in [0.15, 0.2) is 11.6 Å². The number of ether oxygens (including phenoxy) is 1. The molecule has 1 aromatic rings. The summed E-state index contributed by atoms with van der Waals surface area (Å²) in [5, 5.41) is 2.58. The van der Waals surface area contributed by atoms with Crippen LogP contribution in [0.5, 0.6) is 5.75 Å². The van der Waals surface area contributed by atoms with Crippen LogP contribution in [0.2, 0.25) is 0 Å².